The molecule has 2 N–H and O–H groups in total. The van der Waals surface area contributed by atoms with E-state index in [2.05, 4.69) is 25.0 Å². The molecule has 2 aromatic heterocycles. The summed E-state index contributed by atoms with van der Waals surface area (Å²) >= 11 is 5.34. The van der Waals surface area contributed by atoms with Crippen molar-refractivity contribution in [1.29, 1.82) is 0 Å². The van der Waals surface area contributed by atoms with Crippen molar-refractivity contribution in [2.24, 2.45) is 10.1 Å². The summed E-state index contributed by atoms with van der Waals surface area (Å²) in [5.74, 6) is 2.66. The maximum absolute atomic E-state index is 10.8. The highest BCUT2D eigenvalue weighted by Gasteiger charge is 2.14. The number of rotatable bonds is 8. The first kappa shape index (κ1) is 27.3. The minimum Gasteiger partial charge on any atom is -0.493 e. The number of nitrogens with zero attached hydrogens (tertiary/aromatic N) is 3. The Morgan fingerprint density at radius 2 is 1.89 bits per heavy atom. The number of nitrogens with one attached hydrogen (secondary N) is 2. The first-order valence-corrected chi connectivity index (χ1v) is 10.9. The van der Waals surface area contributed by atoms with Crippen LogP contribution in [0.15, 0.2) is 57.2 Å². The van der Waals surface area contributed by atoms with Gasteiger partial charge in [0.25, 0.3) is 0 Å². The fraction of sp³-hybridized carbons (Fsp3) is 0.292. The summed E-state index contributed by atoms with van der Waals surface area (Å²) in [6, 6.07) is 11.1. The molecule has 0 aliphatic carbocycles. The molecular formula is C24H30ClN5O5. The second-order valence-corrected chi connectivity index (χ2v) is 7.29. The molecule has 0 spiro atoms. The van der Waals surface area contributed by atoms with E-state index >= 15 is 0 Å². The summed E-state index contributed by atoms with van der Waals surface area (Å²) in [7, 11) is 6.59. The number of hydrogen-bond acceptors (Lipinski definition) is 8. The zero-order valence-corrected chi connectivity index (χ0v) is 21.3. The maximum atomic E-state index is 10.8. The van der Waals surface area contributed by atoms with Crippen LogP contribution in [0.1, 0.15) is 23.8 Å². The van der Waals surface area contributed by atoms with Crippen LogP contribution >= 0.6 is 11.9 Å². The molecule has 11 heteroatoms. The van der Waals surface area contributed by atoms with Crippen molar-refractivity contribution in [1.82, 2.24) is 9.99 Å². The van der Waals surface area contributed by atoms with Gasteiger partial charge >= 0.3 is 0 Å². The number of anilines is 1. The Balaban J connectivity index is 0.000000247. The van der Waals surface area contributed by atoms with Gasteiger partial charge < -0.3 is 28.8 Å². The van der Waals surface area contributed by atoms with Gasteiger partial charge in [0.15, 0.2) is 17.0 Å². The van der Waals surface area contributed by atoms with Crippen LogP contribution in [-0.2, 0) is 11.3 Å². The summed E-state index contributed by atoms with van der Waals surface area (Å²) in [6.45, 7) is 3.85. The predicted octanol–water partition coefficient (Wildman–Crippen LogP) is 3.72. The SMILES string of the molecule is CN=c1cc(C)cc(NC)n1/N=C/c1ccco1.COc1cc(CNC(C)=O)cc(OC)c1OCl. The van der Waals surface area contributed by atoms with Gasteiger partial charge in [-0.2, -0.15) is 9.78 Å². The normalized spacial score (nSPS) is 11.0. The Bertz CT molecular complexity index is 1180. The zero-order chi connectivity index (χ0) is 25.8. The van der Waals surface area contributed by atoms with Gasteiger partial charge in [0.2, 0.25) is 11.7 Å². The van der Waals surface area contributed by atoms with E-state index in [0.29, 0.717) is 29.6 Å². The summed E-state index contributed by atoms with van der Waals surface area (Å²) in [6.07, 6.45) is 3.27. The highest BCUT2D eigenvalue weighted by molar-refractivity contribution is 6.09. The highest BCUT2D eigenvalue weighted by atomic mass is 35.5. The van der Waals surface area contributed by atoms with E-state index in [1.165, 1.54) is 21.1 Å². The third kappa shape index (κ3) is 7.82. The molecule has 0 fully saturated rings. The van der Waals surface area contributed by atoms with Crippen LogP contribution < -0.4 is 29.9 Å². The number of aryl methyl sites for hydroxylation is 1. The number of pyridine rings is 1. The topological polar surface area (TPSA) is 112 Å². The van der Waals surface area contributed by atoms with Crippen molar-refractivity contribution in [2.45, 2.75) is 20.4 Å². The van der Waals surface area contributed by atoms with Crippen LogP contribution in [0.2, 0.25) is 0 Å². The third-order valence-electron chi connectivity index (χ3n) is 4.63. The number of ether oxygens (including phenoxy) is 2. The largest absolute Gasteiger partial charge is 0.493 e. The highest BCUT2D eigenvalue weighted by Crippen LogP contribution is 2.39. The van der Waals surface area contributed by atoms with E-state index in [1.54, 1.807) is 36.3 Å². The molecule has 0 aliphatic rings. The minimum absolute atomic E-state index is 0.111. The molecule has 3 rings (SSSR count). The quantitative estimate of drug-likeness (QED) is 0.453. The zero-order valence-electron chi connectivity index (χ0n) is 20.6. The van der Waals surface area contributed by atoms with Crippen LogP contribution in [0.3, 0.4) is 0 Å². The van der Waals surface area contributed by atoms with Crippen molar-refractivity contribution < 1.29 is 23.0 Å². The number of furan rings is 1. The lowest BCUT2D eigenvalue weighted by Crippen LogP contribution is -2.20. The first-order valence-electron chi connectivity index (χ1n) is 10.6. The van der Waals surface area contributed by atoms with Crippen molar-refractivity contribution >= 4 is 29.8 Å². The minimum atomic E-state index is -0.111. The number of aromatic nitrogens is 1. The molecule has 3 aromatic rings. The van der Waals surface area contributed by atoms with E-state index in [0.717, 1.165) is 22.4 Å². The van der Waals surface area contributed by atoms with Gasteiger partial charge in [0, 0.05) is 27.6 Å². The molecule has 10 nitrogen and oxygen atoms in total. The molecule has 188 valence electrons. The van der Waals surface area contributed by atoms with E-state index in [9.17, 15) is 4.79 Å². The Kier molecular flexibility index (Phi) is 10.7. The van der Waals surface area contributed by atoms with E-state index < -0.39 is 0 Å². The third-order valence-corrected chi connectivity index (χ3v) is 4.79. The number of halogens is 1. The summed E-state index contributed by atoms with van der Waals surface area (Å²) in [5.41, 5.74) is 2.73. The van der Waals surface area contributed by atoms with Crippen molar-refractivity contribution in [2.75, 3.05) is 33.6 Å². The molecule has 0 bridgehead atoms. The number of benzene rings is 1. The lowest BCUT2D eigenvalue weighted by Gasteiger charge is -2.12. The summed E-state index contributed by atoms with van der Waals surface area (Å²) in [5, 5.41) is 10.2. The average Bonchev–Trinajstić information content (AvgIpc) is 3.39. The maximum Gasteiger partial charge on any atom is 0.229 e. The van der Waals surface area contributed by atoms with Crippen molar-refractivity contribution in [3.05, 3.63) is 65.0 Å². The Morgan fingerprint density at radius 1 is 1.20 bits per heavy atom. The molecule has 1 amide bonds. The van der Waals surface area contributed by atoms with Crippen molar-refractivity contribution in [3.63, 3.8) is 0 Å². The lowest BCUT2D eigenvalue weighted by molar-refractivity contribution is -0.119. The van der Waals surface area contributed by atoms with E-state index in [-0.39, 0.29) is 5.91 Å². The van der Waals surface area contributed by atoms with E-state index in [4.69, 9.17) is 25.8 Å². The lowest BCUT2D eigenvalue weighted by atomic mass is 10.2. The Labute approximate surface area is 209 Å². The van der Waals surface area contributed by atoms with Crippen LogP contribution in [0.5, 0.6) is 17.2 Å². The van der Waals surface area contributed by atoms with Crippen LogP contribution in [0.4, 0.5) is 5.82 Å². The Hall–Kier alpha value is -3.92. The van der Waals surface area contributed by atoms with Gasteiger partial charge in [-0.15, -0.1) is 0 Å². The van der Waals surface area contributed by atoms with Gasteiger partial charge in [0.1, 0.15) is 23.4 Å². The van der Waals surface area contributed by atoms with Crippen LogP contribution in [0.25, 0.3) is 0 Å². The second kappa shape index (κ2) is 13.7. The van der Waals surface area contributed by atoms with Crippen molar-refractivity contribution in [3.8, 4) is 17.2 Å². The average molecular weight is 504 g/mol. The molecule has 2 heterocycles. The van der Waals surface area contributed by atoms with Gasteiger partial charge in [-0.1, -0.05) is 0 Å². The molecule has 0 radical (unpaired) electrons. The smallest absolute Gasteiger partial charge is 0.229 e. The van der Waals surface area contributed by atoms with Crippen LogP contribution in [0, 0.1) is 6.92 Å². The molecule has 0 unspecified atom stereocenters. The molecule has 0 aliphatic heterocycles. The number of hydrogen-bond donors (Lipinski definition) is 2. The summed E-state index contributed by atoms with van der Waals surface area (Å²) < 4.78 is 21.9. The molecule has 0 saturated heterocycles. The molecule has 0 atom stereocenters. The van der Waals surface area contributed by atoms with Gasteiger partial charge in [-0.25, -0.2) is 0 Å². The van der Waals surface area contributed by atoms with Crippen LogP contribution in [-0.4, -0.2) is 45.1 Å². The molecule has 35 heavy (non-hydrogen) atoms. The van der Waals surface area contributed by atoms with E-state index in [1.807, 2.05) is 38.2 Å². The number of methoxy groups -OCH3 is 2. The van der Waals surface area contributed by atoms with Gasteiger partial charge in [0.05, 0.1) is 26.7 Å². The standard InChI is InChI=1S/C13H16N4O.C11H14ClNO4/c1-10-7-12(14-2)17(13(8-10)15-3)16-9-11-5-4-6-18-11;1-7(14)13-6-8-4-9(15-2)11(17-12)10(5-8)16-3/h4-9,14H,1-3H3;4-5H,6H2,1-3H3,(H,13,14)/b15-13?,16-9+;. The number of carbonyl (C=O) groups is 1. The number of carbonyl (C=O) groups excluding carboxylic acids is 1. The van der Waals surface area contributed by atoms with Gasteiger partial charge in [-0.05, 0) is 54.4 Å². The number of amides is 1. The molecular weight excluding hydrogens is 474 g/mol. The summed E-state index contributed by atoms with van der Waals surface area (Å²) in [4.78, 5) is 15.0. The first-order chi connectivity index (χ1) is 16.9. The Morgan fingerprint density at radius 3 is 2.37 bits per heavy atom. The fourth-order valence-corrected chi connectivity index (χ4v) is 3.14. The molecule has 1 aromatic carbocycles. The monoisotopic (exact) mass is 503 g/mol. The second-order valence-electron chi connectivity index (χ2n) is 7.14. The van der Waals surface area contributed by atoms with Gasteiger partial charge in [-0.3, -0.25) is 9.79 Å². The fourth-order valence-electron chi connectivity index (χ4n) is 2.98. The predicted molar refractivity (Wildman–Crippen MR) is 135 cm³/mol. The molecule has 0 saturated carbocycles.